The number of hydrogen-bond acceptors (Lipinski definition) is 1. The standard InChI is InChI=1S/C40H20F9N3/c41-38(42,43)23-11-15-35-30(18-23)26-5-1-3-7-32(26)51(35)34-14-9-22(21-50)17-29(34)28-13-10-25(40(47,48)49)20-37(28)52-33-8-4-2-6-27(33)31-19-24(39(44,45)46)12-16-36(31)52/h1-20H. The van der Waals surface area contributed by atoms with Crippen LogP contribution in [-0.4, -0.2) is 9.13 Å². The van der Waals surface area contributed by atoms with E-state index in [-0.39, 0.29) is 38.7 Å². The van der Waals surface area contributed by atoms with Gasteiger partial charge in [0, 0.05) is 32.7 Å². The van der Waals surface area contributed by atoms with Crippen LogP contribution in [0.4, 0.5) is 39.5 Å². The van der Waals surface area contributed by atoms with E-state index in [1.165, 1.54) is 34.9 Å². The Hall–Kier alpha value is -6.22. The van der Waals surface area contributed by atoms with Crippen LogP contribution in [0.25, 0.3) is 66.1 Å². The summed E-state index contributed by atoms with van der Waals surface area (Å²) < 4.78 is 129. The van der Waals surface area contributed by atoms with Crippen LogP contribution in [-0.2, 0) is 18.5 Å². The summed E-state index contributed by atoms with van der Waals surface area (Å²) in [5.41, 5.74) is -0.578. The summed E-state index contributed by atoms with van der Waals surface area (Å²) >= 11 is 0. The topological polar surface area (TPSA) is 33.6 Å². The minimum Gasteiger partial charge on any atom is -0.309 e. The van der Waals surface area contributed by atoms with Gasteiger partial charge in [0.25, 0.3) is 0 Å². The van der Waals surface area contributed by atoms with Gasteiger partial charge in [-0.1, -0.05) is 42.5 Å². The van der Waals surface area contributed by atoms with Gasteiger partial charge in [-0.2, -0.15) is 44.8 Å². The lowest BCUT2D eigenvalue weighted by Gasteiger charge is -2.20. The minimum absolute atomic E-state index is 0.0442. The Bertz CT molecular complexity index is 2770. The van der Waals surface area contributed by atoms with Crippen LogP contribution in [0.5, 0.6) is 0 Å². The molecule has 0 aliphatic rings. The third-order valence-corrected chi connectivity index (χ3v) is 9.22. The third kappa shape index (κ3) is 5.23. The molecule has 0 N–H and O–H groups in total. The van der Waals surface area contributed by atoms with Gasteiger partial charge in [-0.05, 0) is 78.9 Å². The smallest absolute Gasteiger partial charge is 0.309 e. The predicted molar refractivity (Wildman–Crippen MR) is 180 cm³/mol. The van der Waals surface area contributed by atoms with Crippen molar-refractivity contribution in [2.75, 3.05) is 0 Å². The van der Waals surface area contributed by atoms with Crippen LogP contribution in [0.1, 0.15) is 22.3 Å². The Kier molecular flexibility index (Phi) is 7.22. The second-order valence-corrected chi connectivity index (χ2v) is 12.2. The van der Waals surface area contributed by atoms with E-state index in [0.717, 1.165) is 36.4 Å². The van der Waals surface area contributed by atoms with Crippen molar-refractivity contribution in [3.05, 3.63) is 144 Å². The van der Waals surface area contributed by atoms with Crippen molar-refractivity contribution >= 4 is 43.6 Å². The van der Waals surface area contributed by atoms with E-state index >= 15 is 0 Å². The van der Waals surface area contributed by atoms with Gasteiger partial charge in [0.2, 0.25) is 0 Å². The van der Waals surface area contributed by atoms with Gasteiger partial charge >= 0.3 is 18.5 Å². The van der Waals surface area contributed by atoms with Crippen LogP contribution in [0.15, 0.2) is 121 Å². The summed E-state index contributed by atoms with van der Waals surface area (Å²) in [6, 6.07) is 29.0. The van der Waals surface area contributed by atoms with Crippen LogP contribution >= 0.6 is 0 Å². The van der Waals surface area contributed by atoms with Gasteiger partial charge in [0.1, 0.15) is 0 Å². The van der Waals surface area contributed by atoms with E-state index in [2.05, 4.69) is 0 Å². The normalized spacial score (nSPS) is 12.7. The quantitative estimate of drug-likeness (QED) is 0.168. The molecule has 52 heavy (non-hydrogen) atoms. The first-order valence-corrected chi connectivity index (χ1v) is 15.6. The minimum atomic E-state index is -4.81. The number of alkyl halides is 9. The van der Waals surface area contributed by atoms with Gasteiger partial charge in [-0.25, -0.2) is 0 Å². The van der Waals surface area contributed by atoms with Gasteiger partial charge in [0.15, 0.2) is 0 Å². The van der Waals surface area contributed by atoms with E-state index in [4.69, 9.17) is 0 Å². The highest BCUT2D eigenvalue weighted by Gasteiger charge is 2.34. The molecule has 0 saturated heterocycles. The highest BCUT2D eigenvalue weighted by molar-refractivity contribution is 6.11. The molecule has 0 aliphatic heterocycles. The van der Waals surface area contributed by atoms with Crippen LogP contribution < -0.4 is 0 Å². The Labute approximate surface area is 288 Å². The van der Waals surface area contributed by atoms with Crippen molar-refractivity contribution in [3.63, 3.8) is 0 Å². The van der Waals surface area contributed by atoms with Gasteiger partial charge < -0.3 is 9.13 Å². The van der Waals surface area contributed by atoms with E-state index in [0.29, 0.717) is 33.0 Å². The van der Waals surface area contributed by atoms with Crippen molar-refractivity contribution < 1.29 is 39.5 Å². The average molecular weight is 714 g/mol. The maximum atomic E-state index is 14.4. The lowest BCUT2D eigenvalue weighted by Crippen LogP contribution is -2.08. The van der Waals surface area contributed by atoms with E-state index in [1.807, 2.05) is 6.07 Å². The summed E-state index contributed by atoms with van der Waals surface area (Å²) in [6.07, 6.45) is -14.1. The molecule has 6 aromatic carbocycles. The summed E-state index contributed by atoms with van der Waals surface area (Å²) in [4.78, 5) is 0. The number of benzene rings is 6. The fourth-order valence-electron chi connectivity index (χ4n) is 6.95. The second kappa shape index (κ2) is 11.4. The zero-order valence-electron chi connectivity index (χ0n) is 26.3. The summed E-state index contributed by atoms with van der Waals surface area (Å²) in [7, 11) is 0. The molecule has 0 spiro atoms. The van der Waals surface area contributed by atoms with Crippen molar-refractivity contribution in [2.24, 2.45) is 0 Å². The molecule has 0 bridgehead atoms. The molecule has 3 nitrogen and oxygen atoms in total. The van der Waals surface area contributed by atoms with Gasteiger partial charge in [-0.3, -0.25) is 0 Å². The molecule has 12 heteroatoms. The van der Waals surface area contributed by atoms with Crippen LogP contribution in [0, 0.1) is 11.3 Å². The first kappa shape index (κ1) is 33.0. The highest BCUT2D eigenvalue weighted by Crippen LogP contribution is 2.44. The number of fused-ring (bicyclic) bond motifs is 6. The Morgan fingerprint density at radius 1 is 0.404 bits per heavy atom. The molecule has 0 atom stereocenters. The highest BCUT2D eigenvalue weighted by atomic mass is 19.4. The number of para-hydroxylation sites is 2. The number of aromatic nitrogens is 2. The zero-order valence-corrected chi connectivity index (χ0v) is 26.3. The predicted octanol–water partition coefficient (Wildman–Crippen LogP) is 12.5. The lowest BCUT2D eigenvalue weighted by atomic mass is 9.97. The van der Waals surface area contributed by atoms with Gasteiger partial charge in [0.05, 0.1) is 61.8 Å². The Balaban J connectivity index is 1.49. The summed E-state index contributed by atoms with van der Waals surface area (Å²) in [5.74, 6) is 0. The fraction of sp³-hybridized carbons (Fsp3) is 0.0750. The van der Waals surface area contributed by atoms with Crippen molar-refractivity contribution in [1.82, 2.24) is 9.13 Å². The van der Waals surface area contributed by atoms with Crippen molar-refractivity contribution in [3.8, 4) is 28.6 Å². The summed E-state index contributed by atoms with van der Waals surface area (Å²) in [6.45, 7) is 0. The Morgan fingerprint density at radius 3 is 1.35 bits per heavy atom. The van der Waals surface area contributed by atoms with E-state index in [1.54, 1.807) is 59.2 Å². The van der Waals surface area contributed by atoms with Crippen molar-refractivity contribution in [2.45, 2.75) is 18.5 Å². The molecule has 0 aliphatic carbocycles. The summed E-state index contributed by atoms with van der Waals surface area (Å²) in [5, 5.41) is 11.2. The number of halogens is 9. The maximum Gasteiger partial charge on any atom is 0.416 e. The average Bonchev–Trinajstić information content (AvgIpc) is 3.62. The molecule has 2 aromatic heterocycles. The largest absolute Gasteiger partial charge is 0.416 e. The lowest BCUT2D eigenvalue weighted by molar-refractivity contribution is -0.138. The van der Waals surface area contributed by atoms with Crippen molar-refractivity contribution in [1.29, 1.82) is 5.26 Å². The first-order valence-electron chi connectivity index (χ1n) is 15.6. The maximum absolute atomic E-state index is 14.4. The second-order valence-electron chi connectivity index (χ2n) is 12.2. The fourth-order valence-corrected chi connectivity index (χ4v) is 6.95. The molecule has 0 saturated carbocycles. The number of hydrogen-bond donors (Lipinski definition) is 0. The SMILES string of the molecule is N#Cc1ccc(-n2c3ccccc3c3cc(C(F)(F)F)ccc32)c(-c2ccc(C(F)(F)F)cc2-n2c3ccccc3c3cc(C(F)(F)F)ccc32)c1. The number of rotatable bonds is 3. The molecule has 2 heterocycles. The van der Waals surface area contributed by atoms with Gasteiger partial charge in [-0.15, -0.1) is 0 Å². The molecule has 0 radical (unpaired) electrons. The molecule has 258 valence electrons. The molecule has 0 unspecified atom stereocenters. The van der Waals surface area contributed by atoms with Crippen LogP contribution in [0.3, 0.4) is 0 Å². The van der Waals surface area contributed by atoms with E-state index in [9.17, 15) is 44.8 Å². The molecule has 0 fully saturated rings. The third-order valence-electron chi connectivity index (χ3n) is 9.22. The van der Waals surface area contributed by atoms with Crippen LogP contribution in [0.2, 0.25) is 0 Å². The zero-order chi connectivity index (χ0) is 36.7. The molecule has 0 amide bonds. The molecular formula is C40H20F9N3. The number of nitriles is 1. The Morgan fingerprint density at radius 2 is 0.846 bits per heavy atom. The molecular weight excluding hydrogens is 693 g/mol. The van der Waals surface area contributed by atoms with E-state index < -0.39 is 35.2 Å². The number of nitrogens with zero attached hydrogens (tertiary/aromatic N) is 3. The first-order chi connectivity index (χ1) is 24.6. The molecule has 8 rings (SSSR count). The molecule has 8 aromatic rings. The monoisotopic (exact) mass is 713 g/mol.